The number of amidine groups is 1. The summed E-state index contributed by atoms with van der Waals surface area (Å²) in [7, 11) is 1.55. The molecule has 0 aromatic rings. The monoisotopic (exact) mass is 183 g/mol. The summed E-state index contributed by atoms with van der Waals surface area (Å²) in [5.41, 5.74) is 5.84. The zero-order valence-corrected chi connectivity index (χ0v) is 8.07. The minimum absolute atomic E-state index is 0.433. The van der Waals surface area contributed by atoms with Gasteiger partial charge in [0.1, 0.15) is 12.9 Å². The molecule has 3 fully saturated rings. The van der Waals surface area contributed by atoms with Gasteiger partial charge in [-0.15, -0.1) is 0 Å². The van der Waals surface area contributed by atoms with Gasteiger partial charge in [-0.2, -0.15) is 0 Å². The quantitative estimate of drug-likeness (QED) is 0.379. The molecule has 3 saturated heterocycles. The van der Waals surface area contributed by atoms with Crippen LogP contribution >= 0.6 is 0 Å². The molecular formula is C9H17N3O. The van der Waals surface area contributed by atoms with Crippen LogP contribution in [0.4, 0.5) is 0 Å². The topological polar surface area (TPSA) is 50.9 Å². The lowest BCUT2D eigenvalue weighted by atomic mass is 9.78. The van der Waals surface area contributed by atoms with Gasteiger partial charge in [-0.3, -0.25) is 0 Å². The highest BCUT2D eigenvalue weighted by Gasteiger charge is 2.36. The lowest BCUT2D eigenvalue weighted by molar-refractivity contribution is 0.0787. The number of rotatable bonds is 2. The molecule has 3 aliphatic heterocycles. The van der Waals surface area contributed by atoms with Crippen molar-refractivity contribution in [3.8, 4) is 0 Å². The van der Waals surface area contributed by atoms with Gasteiger partial charge in [-0.25, -0.2) is 0 Å². The van der Waals surface area contributed by atoms with Gasteiger partial charge in [0.05, 0.1) is 0 Å². The Hall–Kier alpha value is -0.770. The van der Waals surface area contributed by atoms with Gasteiger partial charge in [-0.05, 0) is 31.8 Å². The Morgan fingerprint density at radius 3 is 2.62 bits per heavy atom. The number of oxime groups is 1. The molecule has 0 spiro atoms. The summed E-state index contributed by atoms with van der Waals surface area (Å²) < 4.78 is 0. The molecule has 1 unspecified atom stereocenters. The number of fused-ring (bicyclic) bond motifs is 3. The van der Waals surface area contributed by atoms with Crippen LogP contribution < -0.4 is 5.73 Å². The third kappa shape index (κ3) is 1.63. The van der Waals surface area contributed by atoms with Crippen molar-refractivity contribution in [1.29, 1.82) is 0 Å². The van der Waals surface area contributed by atoms with Crippen molar-refractivity contribution in [2.24, 2.45) is 22.7 Å². The Morgan fingerprint density at radius 2 is 2.15 bits per heavy atom. The van der Waals surface area contributed by atoms with Crippen molar-refractivity contribution in [1.82, 2.24) is 4.90 Å². The molecule has 13 heavy (non-hydrogen) atoms. The van der Waals surface area contributed by atoms with E-state index in [1.165, 1.54) is 25.9 Å². The highest BCUT2D eigenvalue weighted by Crippen LogP contribution is 2.32. The van der Waals surface area contributed by atoms with Crippen molar-refractivity contribution in [3.63, 3.8) is 0 Å². The second-order valence-corrected chi connectivity index (χ2v) is 3.94. The van der Waals surface area contributed by atoms with Gasteiger partial charge < -0.3 is 15.5 Å². The number of nitrogens with zero attached hydrogens (tertiary/aromatic N) is 2. The zero-order valence-electron chi connectivity index (χ0n) is 8.07. The van der Waals surface area contributed by atoms with Crippen LogP contribution in [0.5, 0.6) is 0 Å². The molecule has 74 valence electrons. The van der Waals surface area contributed by atoms with Gasteiger partial charge in [0.15, 0.2) is 0 Å². The fourth-order valence-electron chi connectivity index (χ4n) is 2.47. The first-order chi connectivity index (χ1) is 6.31. The molecule has 0 amide bonds. The lowest BCUT2D eigenvalue weighted by Crippen LogP contribution is -2.51. The SMILES string of the molecule is CO/N=C(/N)C1CN2CCC1CC2. The fourth-order valence-corrected chi connectivity index (χ4v) is 2.47. The maximum absolute atomic E-state index is 5.84. The molecule has 4 nitrogen and oxygen atoms in total. The Labute approximate surface area is 78.7 Å². The molecule has 2 N–H and O–H groups in total. The second kappa shape index (κ2) is 3.54. The average molecular weight is 183 g/mol. The Bertz CT molecular complexity index is 209. The molecule has 0 aromatic heterocycles. The molecule has 3 rings (SSSR count). The van der Waals surface area contributed by atoms with Gasteiger partial charge in [0.25, 0.3) is 0 Å². The van der Waals surface area contributed by atoms with Crippen molar-refractivity contribution in [3.05, 3.63) is 0 Å². The first-order valence-electron chi connectivity index (χ1n) is 4.90. The summed E-state index contributed by atoms with van der Waals surface area (Å²) in [6.07, 6.45) is 2.54. The van der Waals surface area contributed by atoms with Crippen LogP contribution in [0.15, 0.2) is 5.16 Å². The van der Waals surface area contributed by atoms with Gasteiger partial charge in [-0.1, -0.05) is 5.16 Å². The van der Waals surface area contributed by atoms with E-state index < -0.39 is 0 Å². The summed E-state index contributed by atoms with van der Waals surface area (Å²) in [6, 6.07) is 0. The van der Waals surface area contributed by atoms with E-state index in [2.05, 4.69) is 10.1 Å². The number of hydrogen-bond acceptors (Lipinski definition) is 3. The Kier molecular flexibility index (Phi) is 2.40. The van der Waals surface area contributed by atoms with Gasteiger partial charge in [0.2, 0.25) is 0 Å². The molecule has 1 atom stereocenters. The maximum atomic E-state index is 5.84. The predicted molar refractivity (Wildman–Crippen MR) is 51.3 cm³/mol. The van der Waals surface area contributed by atoms with Crippen LogP contribution in [0, 0.1) is 11.8 Å². The van der Waals surface area contributed by atoms with Crippen LogP contribution in [0.3, 0.4) is 0 Å². The van der Waals surface area contributed by atoms with E-state index in [4.69, 9.17) is 10.6 Å². The van der Waals surface area contributed by atoms with Crippen LogP contribution in [-0.2, 0) is 4.84 Å². The normalized spacial score (nSPS) is 39.2. The molecule has 0 saturated carbocycles. The van der Waals surface area contributed by atoms with E-state index in [1.807, 2.05) is 0 Å². The van der Waals surface area contributed by atoms with Crippen LogP contribution in [0.2, 0.25) is 0 Å². The fraction of sp³-hybridized carbons (Fsp3) is 0.889. The Balaban J connectivity index is 2.04. The number of nitrogens with two attached hydrogens (primary N) is 1. The van der Waals surface area contributed by atoms with E-state index in [9.17, 15) is 0 Å². The summed E-state index contributed by atoms with van der Waals surface area (Å²) in [4.78, 5) is 7.17. The van der Waals surface area contributed by atoms with E-state index >= 15 is 0 Å². The summed E-state index contributed by atoms with van der Waals surface area (Å²) >= 11 is 0. The predicted octanol–water partition coefficient (Wildman–Crippen LogP) is 0.247. The molecule has 4 heteroatoms. The third-order valence-corrected chi connectivity index (χ3v) is 3.23. The number of hydrogen-bond donors (Lipinski definition) is 1. The molecule has 3 heterocycles. The van der Waals surface area contributed by atoms with E-state index in [0.717, 1.165) is 12.5 Å². The molecular weight excluding hydrogens is 166 g/mol. The second-order valence-electron chi connectivity index (χ2n) is 3.94. The van der Waals surface area contributed by atoms with Crippen molar-refractivity contribution < 1.29 is 4.84 Å². The van der Waals surface area contributed by atoms with Crippen LogP contribution in [-0.4, -0.2) is 37.5 Å². The highest BCUT2D eigenvalue weighted by molar-refractivity contribution is 5.83. The number of piperidine rings is 3. The first-order valence-corrected chi connectivity index (χ1v) is 4.90. The van der Waals surface area contributed by atoms with Gasteiger partial charge in [0, 0.05) is 12.5 Å². The summed E-state index contributed by atoms with van der Waals surface area (Å²) in [6.45, 7) is 3.55. The zero-order chi connectivity index (χ0) is 9.26. The van der Waals surface area contributed by atoms with Gasteiger partial charge >= 0.3 is 0 Å². The molecule has 0 radical (unpaired) electrons. The molecule has 0 aliphatic carbocycles. The summed E-state index contributed by atoms with van der Waals surface area (Å²) in [5.74, 6) is 1.85. The first kappa shape index (κ1) is 8.81. The smallest absolute Gasteiger partial charge is 0.144 e. The minimum Gasteiger partial charge on any atom is -0.398 e. The van der Waals surface area contributed by atoms with Crippen LogP contribution in [0.1, 0.15) is 12.8 Å². The maximum Gasteiger partial charge on any atom is 0.144 e. The third-order valence-electron chi connectivity index (χ3n) is 3.23. The summed E-state index contributed by atoms with van der Waals surface area (Å²) in [5, 5.41) is 3.83. The Morgan fingerprint density at radius 1 is 1.46 bits per heavy atom. The van der Waals surface area contributed by atoms with E-state index in [0.29, 0.717) is 11.8 Å². The molecule has 0 aromatic carbocycles. The molecule has 3 aliphatic rings. The highest BCUT2D eigenvalue weighted by atomic mass is 16.6. The van der Waals surface area contributed by atoms with E-state index in [1.54, 1.807) is 7.11 Å². The average Bonchev–Trinajstić information content (AvgIpc) is 2.20. The lowest BCUT2D eigenvalue weighted by Gasteiger charge is -2.44. The molecule has 2 bridgehead atoms. The standard InChI is InChI=1S/C9H17N3O/c1-13-11-9(10)8-6-12-4-2-7(8)3-5-12/h7-8H,2-6H2,1H3,(H2,10,11). The largest absolute Gasteiger partial charge is 0.398 e. The van der Waals surface area contributed by atoms with Crippen molar-refractivity contribution in [2.75, 3.05) is 26.7 Å². The van der Waals surface area contributed by atoms with E-state index in [-0.39, 0.29) is 0 Å². The van der Waals surface area contributed by atoms with Crippen molar-refractivity contribution in [2.45, 2.75) is 12.8 Å². The van der Waals surface area contributed by atoms with Crippen molar-refractivity contribution >= 4 is 5.84 Å². The van der Waals surface area contributed by atoms with Crippen LogP contribution in [0.25, 0.3) is 0 Å². The minimum atomic E-state index is 0.433.